The Hall–Kier alpha value is -4.68. The quantitative estimate of drug-likeness (QED) is 0.230. The van der Waals surface area contributed by atoms with Gasteiger partial charge in [0.2, 0.25) is 0 Å². The molecule has 0 atom stereocenters. The Morgan fingerprint density at radius 3 is 1.50 bits per heavy atom. The van der Waals surface area contributed by atoms with Crippen molar-refractivity contribution in [3.63, 3.8) is 0 Å². The molecule has 0 nitrogen and oxygen atoms in total. The van der Waals surface area contributed by atoms with Crippen LogP contribution in [-0.2, 0) is 0 Å². The lowest BCUT2D eigenvalue weighted by Crippen LogP contribution is -1.92. The lowest BCUT2D eigenvalue weighted by Gasteiger charge is -2.19. The van der Waals surface area contributed by atoms with Gasteiger partial charge in [-0.3, -0.25) is 0 Å². The summed E-state index contributed by atoms with van der Waals surface area (Å²) in [6.45, 7) is 0. The van der Waals surface area contributed by atoms with Gasteiger partial charge in [-0.15, -0.1) is 0 Å². The van der Waals surface area contributed by atoms with Gasteiger partial charge < -0.3 is 0 Å². The molecule has 0 amide bonds. The molecule has 7 rings (SSSR count). The van der Waals surface area contributed by atoms with E-state index in [1.807, 2.05) is 42.5 Å². The van der Waals surface area contributed by atoms with Gasteiger partial charge in [-0.25, -0.2) is 0 Å². The summed E-state index contributed by atoms with van der Waals surface area (Å²) >= 11 is 0. The molecule has 7 aromatic carbocycles. The van der Waals surface area contributed by atoms with Crippen molar-refractivity contribution < 1.29 is 6.85 Å². The minimum Gasteiger partial charge on any atom is -0.0622 e. The van der Waals surface area contributed by atoms with Gasteiger partial charge in [0.1, 0.15) is 0 Å². The number of hydrogen-bond acceptors (Lipinski definition) is 0. The Bertz CT molecular complexity index is 2060. The minimum atomic E-state index is -0.390. The summed E-state index contributed by atoms with van der Waals surface area (Å²) in [5.74, 6) is 0. The number of fused-ring (bicyclic) bond motifs is 3. The van der Waals surface area contributed by atoms with Gasteiger partial charge in [0.25, 0.3) is 0 Å². The lowest BCUT2D eigenvalue weighted by atomic mass is 9.84. The Kier molecular flexibility index (Phi) is 3.80. The Labute approximate surface area is 218 Å². The highest BCUT2D eigenvalue weighted by Gasteiger charge is 2.17. The molecule has 0 saturated heterocycles. The van der Waals surface area contributed by atoms with E-state index in [0.717, 1.165) is 49.2 Å². The van der Waals surface area contributed by atoms with Crippen LogP contribution in [0.3, 0.4) is 0 Å². The first-order chi connectivity index (χ1) is 20.0. The molecule has 0 unspecified atom stereocenters. The van der Waals surface area contributed by atoms with Crippen LogP contribution >= 0.6 is 0 Å². The van der Waals surface area contributed by atoms with Crippen LogP contribution in [-0.4, -0.2) is 0 Å². The van der Waals surface area contributed by atoms with E-state index < -0.39 is 6.04 Å². The molecular weight excluding hydrogens is 432 g/mol. The fourth-order valence-electron chi connectivity index (χ4n) is 5.40. The molecular formula is C36H24. The van der Waals surface area contributed by atoms with Crippen molar-refractivity contribution in [3.8, 4) is 33.4 Å². The number of rotatable bonds is 3. The lowest BCUT2D eigenvalue weighted by molar-refractivity contribution is 1.64. The van der Waals surface area contributed by atoms with Crippen molar-refractivity contribution in [2.75, 3.05) is 0 Å². The molecule has 0 fully saturated rings. The summed E-state index contributed by atoms with van der Waals surface area (Å²) in [7, 11) is 0. The van der Waals surface area contributed by atoms with E-state index in [4.69, 9.17) is 6.85 Å². The van der Waals surface area contributed by atoms with Gasteiger partial charge in [-0.1, -0.05) is 133 Å². The largest absolute Gasteiger partial charge is 0.0629 e. The zero-order chi connectivity index (χ0) is 28.2. The molecule has 0 saturated carbocycles. The smallest absolute Gasteiger partial charge is 0.0622 e. The first-order valence-corrected chi connectivity index (χ1v) is 12.0. The van der Waals surface area contributed by atoms with Gasteiger partial charge in [0.05, 0.1) is 6.85 Å². The SMILES string of the molecule is [2H]c1c([2H])c([2H])c(-c2c3ccccc3c(-c3cc(-c4ccccc4)c4ccccc4c3)c3ccccc23)c([2H])c1[2H]. The third-order valence-corrected chi connectivity index (χ3v) is 6.92. The highest BCUT2D eigenvalue weighted by Crippen LogP contribution is 2.45. The second-order valence-corrected chi connectivity index (χ2v) is 8.95. The van der Waals surface area contributed by atoms with Gasteiger partial charge in [-0.2, -0.15) is 0 Å². The molecule has 0 bridgehead atoms. The summed E-state index contributed by atoms with van der Waals surface area (Å²) in [4.78, 5) is 0. The van der Waals surface area contributed by atoms with Crippen molar-refractivity contribution in [2.24, 2.45) is 0 Å². The van der Waals surface area contributed by atoms with Crippen LogP contribution in [0.25, 0.3) is 65.7 Å². The fourth-order valence-corrected chi connectivity index (χ4v) is 5.40. The molecule has 0 heterocycles. The Morgan fingerprint density at radius 1 is 0.389 bits per heavy atom. The summed E-state index contributed by atoms with van der Waals surface area (Å²) in [5.41, 5.74) is 5.26. The summed E-state index contributed by atoms with van der Waals surface area (Å²) in [6, 6.07) is 37.8. The van der Waals surface area contributed by atoms with Crippen molar-refractivity contribution in [3.05, 3.63) is 145 Å². The molecule has 0 aliphatic heterocycles. The van der Waals surface area contributed by atoms with Crippen LogP contribution in [0, 0.1) is 0 Å². The molecule has 0 aliphatic rings. The maximum absolute atomic E-state index is 8.78. The van der Waals surface area contributed by atoms with Crippen molar-refractivity contribution in [2.45, 2.75) is 0 Å². The molecule has 36 heavy (non-hydrogen) atoms. The maximum Gasteiger partial charge on any atom is 0.0629 e. The van der Waals surface area contributed by atoms with E-state index in [1.54, 1.807) is 0 Å². The normalized spacial score (nSPS) is 13.3. The van der Waals surface area contributed by atoms with Crippen LogP contribution in [0.4, 0.5) is 0 Å². The zero-order valence-corrected chi connectivity index (χ0v) is 19.5. The molecule has 0 radical (unpaired) electrons. The third-order valence-electron chi connectivity index (χ3n) is 6.92. The van der Waals surface area contributed by atoms with E-state index in [9.17, 15) is 0 Å². The predicted molar refractivity (Wildman–Crippen MR) is 155 cm³/mol. The van der Waals surface area contributed by atoms with Crippen LogP contribution in [0.2, 0.25) is 0 Å². The minimum absolute atomic E-state index is 0.198. The van der Waals surface area contributed by atoms with E-state index in [0.29, 0.717) is 5.56 Å². The average Bonchev–Trinajstić information content (AvgIpc) is 3.02. The van der Waals surface area contributed by atoms with Crippen LogP contribution in [0.15, 0.2) is 145 Å². The molecule has 0 aromatic heterocycles. The third kappa shape index (κ3) is 3.31. The second-order valence-electron chi connectivity index (χ2n) is 8.95. The van der Waals surface area contributed by atoms with Gasteiger partial charge in [0, 0.05) is 0 Å². The van der Waals surface area contributed by atoms with Crippen molar-refractivity contribution >= 4 is 32.3 Å². The second kappa shape index (κ2) is 8.52. The number of benzene rings is 7. The van der Waals surface area contributed by atoms with Crippen LogP contribution in [0.1, 0.15) is 6.85 Å². The summed E-state index contributed by atoms with van der Waals surface area (Å²) < 4.78 is 42.4. The summed E-state index contributed by atoms with van der Waals surface area (Å²) in [5, 5.41) is 5.91. The van der Waals surface area contributed by atoms with Crippen molar-refractivity contribution in [1.29, 1.82) is 0 Å². The topological polar surface area (TPSA) is 0 Å². The first kappa shape index (κ1) is 16.1. The molecule has 0 N–H and O–H groups in total. The van der Waals surface area contributed by atoms with Crippen LogP contribution < -0.4 is 0 Å². The van der Waals surface area contributed by atoms with Gasteiger partial charge in [0.15, 0.2) is 0 Å². The predicted octanol–water partition coefficient (Wildman–Crippen LogP) is 10.1. The van der Waals surface area contributed by atoms with Crippen molar-refractivity contribution in [1.82, 2.24) is 0 Å². The fraction of sp³-hybridized carbons (Fsp3) is 0. The zero-order valence-electron chi connectivity index (χ0n) is 24.5. The summed E-state index contributed by atoms with van der Waals surface area (Å²) in [6.07, 6.45) is 0. The van der Waals surface area contributed by atoms with E-state index in [1.165, 1.54) is 5.39 Å². The maximum atomic E-state index is 8.78. The standard InChI is InChI=1S/C36H24/c1-3-13-25(14-4-1)34-24-28(23-27-17-7-8-18-29(27)34)36-32-21-11-9-19-30(32)35(26-15-5-2-6-16-26)31-20-10-12-22-33(31)36/h1-24H/i2D,5D,6D,15D,16D. The van der Waals surface area contributed by atoms with Gasteiger partial charge >= 0.3 is 0 Å². The molecule has 0 aliphatic carbocycles. The average molecular weight is 462 g/mol. The monoisotopic (exact) mass is 461 g/mol. The molecule has 0 heteroatoms. The Morgan fingerprint density at radius 2 is 0.889 bits per heavy atom. The molecule has 168 valence electrons. The molecule has 0 spiro atoms. The van der Waals surface area contributed by atoms with Gasteiger partial charge in [-0.05, 0) is 77.8 Å². The highest BCUT2D eigenvalue weighted by molar-refractivity contribution is 6.22. The van der Waals surface area contributed by atoms with Crippen LogP contribution in [0.5, 0.6) is 0 Å². The van der Waals surface area contributed by atoms with E-state index in [2.05, 4.69) is 72.8 Å². The van der Waals surface area contributed by atoms with E-state index >= 15 is 0 Å². The highest BCUT2D eigenvalue weighted by atomic mass is 14.2. The first-order valence-electron chi connectivity index (χ1n) is 14.5. The van der Waals surface area contributed by atoms with E-state index in [-0.39, 0.29) is 29.7 Å². The Balaban J connectivity index is 1.65. The molecule has 7 aromatic rings. The number of hydrogen-bond donors (Lipinski definition) is 0.